The highest BCUT2D eigenvalue weighted by Crippen LogP contribution is 2.40. The van der Waals surface area contributed by atoms with E-state index in [1.807, 2.05) is 0 Å². The number of nitrogens with two attached hydrogens (primary N) is 1. The fourth-order valence-corrected chi connectivity index (χ4v) is 4.83. The smallest absolute Gasteiger partial charge is 0.312 e. The lowest BCUT2D eigenvalue weighted by molar-refractivity contribution is 0.0330. The Bertz CT molecular complexity index is 1350. The van der Waals surface area contributed by atoms with Crippen LogP contribution in [0.2, 0.25) is 10.0 Å². The van der Waals surface area contributed by atoms with Gasteiger partial charge >= 0.3 is 6.03 Å². The van der Waals surface area contributed by atoms with Crippen LogP contribution in [0.3, 0.4) is 0 Å². The van der Waals surface area contributed by atoms with Crippen LogP contribution in [-0.2, 0) is 9.47 Å². The molecule has 4 rings (SSSR count). The highest BCUT2D eigenvalue weighted by molar-refractivity contribution is 6.34. The van der Waals surface area contributed by atoms with Gasteiger partial charge in [0.25, 0.3) is 11.8 Å². The van der Waals surface area contributed by atoms with Crippen molar-refractivity contribution in [3.63, 3.8) is 0 Å². The molecule has 4 amide bonds. The molecule has 1 aliphatic rings. The lowest BCUT2D eigenvalue weighted by Gasteiger charge is -2.30. The monoisotopic (exact) mass is 570 g/mol. The number of amides is 4. The molecule has 204 valence electrons. The molecule has 0 aliphatic carbocycles. The molecule has 0 aromatic heterocycles. The molecule has 1 heterocycles. The first-order chi connectivity index (χ1) is 18.8. The molecule has 2 atom stereocenters. The first-order valence-corrected chi connectivity index (χ1v) is 13.0. The zero-order chi connectivity index (χ0) is 27.9. The van der Waals surface area contributed by atoms with E-state index >= 15 is 0 Å². The van der Waals surface area contributed by atoms with E-state index in [-0.39, 0.29) is 31.1 Å². The van der Waals surface area contributed by atoms with Crippen molar-refractivity contribution >= 4 is 52.4 Å². The predicted octanol–water partition coefficient (Wildman–Crippen LogP) is 5.38. The average Bonchev–Trinajstić information content (AvgIpc) is 3.07. The molecular formula is C28H28Cl2N4O5. The number of urea groups is 1. The average molecular weight is 571 g/mol. The molecule has 0 radical (unpaired) electrons. The van der Waals surface area contributed by atoms with Crippen molar-refractivity contribution in [2.45, 2.75) is 25.2 Å². The van der Waals surface area contributed by atoms with Crippen LogP contribution < -0.4 is 21.3 Å². The first-order valence-electron chi connectivity index (χ1n) is 12.2. The maximum atomic E-state index is 13.8. The number of carbonyl (C=O) groups is 3. The number of nitrogens with zero attached hydrogens (tertiary/aromatic N) is 1. The molecule has 3 aromatic carbocycles. The normalized spacial score (nSPS) is 16.6. The van der Waals surface area contributed by atoms with Gasteiger partial charge in [-0.3, -0.25) is 14.5 Å². The maximum Gasteiger partial charge on any atom is 0.312 e. The van der Waals surface area contributed by atoms with Crippen molar-refractivity contribution in [3.8, 4) is 0 Å². The standard InChI is InChI=1S/C28H28Cl2N4O5/c1-38-25-13-12-24(39-15-14-32-28(31)37)21-16-18(29)8-11-23(21)34(25)27(36)17-6-9-19(10-7-17)33-26(35)20-4-2-3-5-22(20)30/h2-11,16,24-25H,12-15H2,1H3,(H,33,35)(H3,31,32,37). The van der Waals surface area contributed by atoms with Crippen LogP contribution in [0.25, 0.3) is 0 Å². The third-order valence-electron chi connectivity index (χ3n) is 6.28. The van der Waals surface area contributed by atoms with Gasteiger partial charge in [0.15, 0.2) is 0 Å². The highest BCUT2D eigenvalue weighted by atomic mass is 35.5. The molecule has 0 spiro atoms. The molecule has 0 bridgehead atoms. The molecular weight excluding hydrogens is 543 g/mol. The molecule has 3 aromatic rings. The van der Waals surface area contributed by atoms with Gasteiger partial charge in [0.05, 0.1) is 29.0 Å². The molecule has 4 N–H and O–H groups in total. The Hall–Kier alpha value is -3.63. The minimum Gasteiger partial charge on any atom is -0.372 e. The minimum absolute atomic E-state index is 0.229. The Labute approximate surface area is 236 Å². The second kappa shape index (κ2) is 12.9. The summed E-state index contributed by atoms with van der Waals surface area (Å²) in [6, 6.07) is 18.0. The van der Waals surface area contributed by atoms with Gasteiger partial charge in [-0.25, -0.2) is 4.79 Å². The number of hydrogen-bond donors (Lipinski definition) is 3. The Morgan fingerprint density at radius 1 is 1.03 bits per heavy atom. The van der Waals surface area contributed by atoms with Gasteiger partial charge in [-0.2, -0.15) is 0 Å². The molecule has 9 nitrogen and oxygen atoms in total. The summed E-state index contributed by atoms with van der Waals surface area (Å²) in [7, 11) is 1.55. The third kappa shape index (κ3) is 6.88. The molecule has 2 unspecified atom stereocenters. The Balaban J connectivity index is 1.56. The molecule has 1 aliphatic heterocycles. The Morgan fingerprint density at radius 3 is 2.46 bits per heavy atom. The summed E-state index contributed by atoms with van der Waals surface area (Å²) in [5, 5.41) is 6.14. The third-order valence-corrected chi connectivity index (χ3v) is 6.84. The number of primary amides is 1. The second-order valence-electron chi connectivity index (χ2n) is 8.81. The Morgan fingerprint density at radius 2 is 1.77 bits per heavy atom. The largest absolute Gasteiger partial charge is 0.372 e. The van der Waals surface area contributed by atoms with Gasteiger partial charge < -0.3 is 25.8 Å². The van der Waals surface area contributed by atoms with Crippen molar-refractivity contribution in [3.05, 3.63) is 93.5 Å². The summed E-state index contributed by atoms with van der Waals surface area (Å²) in [6.07, 6.45) is 0.105. The summed E-state index contributed by atoms with van der Waals surface area (Å²) >= 11 is 12.4. The van der Waals surface area contributed by atoms with Crippen LogP contribution >= 0.6 is 23.2 Å². The van der Waals surface area contributed by atoms with Gasteiger partial charge in [0.1, 0.15) is 6.23 Å². The zero-order valence-electron chi connectivity index (χ0n) is 21.2. The number of ether oxygens (including phenoxy) is 2. The molecule has 0 saturated heterocycles. The maximum absolute atomic E-state index is 13.8. The van der Waals surface area contributed by atoms with E-state index in [2.05, 4.69) is 10.6 Å². The topological polar surface area (TPSA) is 123 Å². The van der Waals surface area contributed by atoms with E-state index < -0.39 is 12.3 Å². The summed E-state index contributed by atoms with van der Waals surface area (Å²) in [6.45, 7) is 0.476. The number of carbonyl (C=O) groups excluding carboxylic acids is 3. The van der Waals surface area contributed by atoms with Crippen LogP contribution in [0.4, 0.5) is 16.2 Å². The lowest BCUT2D eigenvalue weighted by atomic mass is 10.0. The van der Waals surface area contributed by atoms with Gasteiger partial charge in [-0.1, -0.05) is 35.3 Å². The van der Waals surface area contributed by atoms with Crippen LogP contribution in [0.15, 0.2) is 66.7 Å². The van der Waals surface area contributed by atoms with Crippen molar-refractivity contribution in [1.82, 2.24) is 5.32 Å². The summed E-state index contributed by atoms with van der Waals surface area (Å²) in [4.78, 5) is 39.0. The number of anilines is 2. The van der Waals surface area contributed by atoms with Gasteiger partial charge in [-0.15, -0.1) is 0 Å². The fraction of sp³-hybridized carbons (Fsp3) is 0.250. The predicted molar refractivity (Wildman–Crippen MR) is 150 cm³/mol. The van der Waals surface area contributed by atoms with Crippen LogP contribution in [-0.4, -0.2) is 44.3 Å². The summed E-state index contributed by atoms with van der Waals surface area (Å²) < 4.78 is 11.8. The first kappa shape index (κ1) is 28.4. The van der Waals surface area contributed by atoms with Gasteiger partial charge in [0.2, 0.25) is 0 Å². The quantitative estimate of drug-likeness (QED) is 0.313. The van der Waals surface area contributed by atoms with E-state index in [0.717, 1.165) is 5.56 Å². The van der Waals surface area contributed by atoms with Gasteiger partial charge in [-0.05, 0) is 67.4 Å². The fourth-order valence-electron chi connectivity index (χ4n) is 4.43. The SMILES string of the molecule is COC1CCC(OCCNC(N)=O)c2cc(Cl)ccc2N1C(=O)c1ccc(NC(=O)c2ccccc2Cl)cc1. The molecule has 11 heteroatoms. The van der Waals surface area contributed by atoms with E-state index in [1.54, 1.807) is 78.7 Å². The summed E-state index contributed by atoms with van der Waals surface area (Å²) in [5.74, 6) is -0.639. The highest BCUT2D eigenvalue weighted by Gasteiger charge is 2.34. The number of benzene rings is 3. The number of nitrogens with one attached hydrogen (secondary N) is 2. The minimum atomic E-state index is -0.631. The number of methoxy groups -OCH3 is 1. The number of rotatable bonds is 8. The second-order valence-corrected chi connectivity index (χ2v) is 9.65. The van der Waals surface area contributed by atoms with Crippen molar-refractivity contribution < 1.29 is 23.9 Å². The zero-order valence-corrected chi connectivity index (χ0v) is 22.7. The van der Waals surface area contributed by atoms with Crippen LogP contribution in [0, 0.1) is 0 Å². The van der Waals surface area contributed by atoms with Gasteiger partial charge in [0, 0.05) is 35.5 Å². The van der Waals surface area contributed by atoms with E-state index in [0.29, 0.717) is 45.4 Å². The van der Waals surface area contributed by atoms with E-state index in [4.69, 9.17) is 38.4 Å². The number of halogens is 2. The molecule has 0 saturated carbocycles. The van der Waals surface area contributed by atoms with Crippen LogP contribution in [0.5, 0.6) is 0 Å². The van der Waals surface area contributed by atoms with Crippen molar-refractivity contribution in [2.75, 3.05) is 30.5 Å². The van der Waals surface area contributed by atoms with Crippen LogP contribution in [0.1, 0.15) is 45.2 Å². The van der Waals surface area contributed by atoms with Crippen molar-refractivity contribution in [1.29, 1.82) is 0 Å². The molecule has 39 heavy (non-hydrogen) atoms. The summed E-state index contributed by atoms with van der Waals surface area (Å²) in [5.41, 5.74) is 7.74. The Kier molecular flexibility index (Phi) is 9.42. The molecule has 0 fully saturated rings. The number of hydrogen-bond acceptors (Lipinski definition) is 5. The van der Waals surface area contributed by atoms with E-state index in [9.17, 15) is 14.4 Å². The lowest BCUT2D eigenvalue weighted by Crippen LogP contribution is -2.41. The number of fused-ring (bicyclic) bond motifs is 1. The van der Waals surface area contributed by atoms with Crippen molar-refractivity contribution in [2.24, 2.45) is 5.73 Å². The van der Waals surface area contributed by atoms with E-state index in [1.165, 1.54) is 0 Å².